The minimum absolute atomic E-state index is 0.0358. The fourth-order valence-electron chi connectivity index (χ4n) is 4.99. The number of allylic oxidation sites excluding steroid dienone is 2. The maximum absolute atomic E-state index is 11.1. The van der Waals surface area contributed by atoms with Crippen LogP contribution in [0.1, 0.15) is 49.1 Å². The van der Waals surface area contributed by atoms with Crippen LogP contribution in [0, 0.1) is 10.1 Å². The monoisotopic (exact) mass is 592 g/mol. The lowest BCUT2D eigenvalue weighted by Crippen LogP contribution is -2.39. The van der Waals surface area contributed by atoms with E-state index in [1.54, 1.807) is 39.5 Å². The molecule has 0 aliphatic carbocycles. The molecule has 9 heteroatoms. The van der Waals surface area contributed by atoms with E-state index in [0.29, 0.717) is 22.4 Å². The number of benzene rings is 3. The summed E-state index contributed by atoms with van der Waals surface area (Å²) in [6.45, 7) is 11.3. The number of nitrogens with zero attached hydrogens (tertiary/aromatic N) is 2. The highest BCUT2D eigenvalue weighted by Gasteiger charge is 2.33. The molecule has 42 heavy (non-hydrogen) atoms. The number of hydrogen-bond donors (Lipinski definition) is 0. The lowest BCUT2D eigenvalue weighted by atomic mass is 9.84. The summed E-state index contributed by atoms with van der Waals surface area (Å²) in [6, 6.07) is 17.2. The van der Waals surface area contributed by atoms with Crippen molar-refractivity contribution in [3.63, 3.8) is 0 Å². The maximum atomic E-state index is 11.1. The molecule has 3 aromatic rings. The first-order chi connectivity index (χ1) is 20.4. The van der Waals surface area contributed by atoms with Gasteiger partial charge >= 0.3 is 0 Å². The van der Waals surface area contributed by atoms with E-state index in [-0.39, 0.29) is 5.69 Å². The smallest absolute Gasteiger partial charge is 0.270 e. The van der Waals surface area contributed by atoms with Gasteiger partial charge in [-0.3, -0.25) is 15.0 Å². The van der Waals surface area contributed by atoms with Gasteiger partial charge in [-0.1, -0.05) is 32.6 Å². The zero-order valence-electron chi connectivity index (χ0n) is 25.2. The van der Waals surface area contributed by atoms with Crippen LogP contribution in [0.5, 0.6) is 17.2 Å². The summed E-state index contributed by atoms with van der Waals surface area (Å²) in [6.07, 6.45) is 5.42. The van der Waals surface area contributed by atoms with Crippen LogP contribution in [-0.2, 0) is 24.1 Å². The van der Waals surface area contributed by atoms with E-state index in [0.717, 1.165) is 49.5 Å². The Morgan fingerprint density at radius 2 is 1.79 bits per heavy atom. The zero-order chi connectivity index (χ0) is 30.6. The van der Waals surface area contributed by atoms with Crippen LogP contribution in [0.3, 0.4) is 0 Å². The summed E-state index contributed by atoms with van der Waals surface area (Å²) in [5.74, 6) is 3.00. The maximum Gasteiger partial charge on any atom is 0.270 e. The number of rotatable bonds is 8. The molecular formula is C33H40N2O6S. The molecular weight excluding hydrogens is 552 g/mol. The SMILES string of the molecule is C=C/C(=C\C)OC.CC.COc1ccc2c(c1)CCN1Cc3cc(OC)c(OSc4cccc([N+](=O)[O-])c4)cc3CC21. The van der Waals surface area contributed by atoms with Crippen molar-refractivity contribution in [1.29, 1.82) is 0 Å². The van der Waals surface area contributed by atoms with Gasteiger partial charge in [0, 0.05) is 31.3 Å². The minimum atomic E-state index is -0.410. The van der Waals surface area contributed by atoms with Gasteiger partial charge in [0.2, 0.25) is 0 Å². The zero-order valence-corrected chi connectivity index (χ0v) is 26.0. The van der Waals surface area contributed by atoms with E-state index in [4.69, 9.17) is 18.4 Å². The molecule has 2 aliphatic heterocycles. The molecule has 0 aromatic heterocycles. The van der Waals surface area contributed by atoms with E-state index in [9.17, 15) is 10.1 Å². The topological polar surface area (TPSA) is 83.3 Å². The second-order valence-electron chi connectivity index (χ2n) is 9.30. The van der Waals surface area contributed by atoms with Gasteiger partial charge in [-0.2, -0.15) is 0 Å². The molecule has 0 fully saturated rings. The van der Waals surface area contributed by atoms with Gasteiger partial charge in [-0.25, -0.2) is 0 Å². The van der Waals surface area contributed by atoms with Crippen molar-refractivity contribution in [3.05, 3.63) is 111 Å². The van der Waals surface area contributed by atoms with Gasteiger partial charge in [-0.05, 0) is 84.5 Å². The number of fused-ring (bicyclic) bond motifs is 4. The quantitative estimate of drug-likeness (QED) is 0.0853. The summed E-state index contributed by atoms with van der Waals surface area (Å²) in [4.78, 5) is 13.8. The standard InChI is InChI=1S/C25H24N2O5S.C6H10O.C2H6/c1-30-20-6-7-22-16(10-20)8-9-26-15-18-13-24(31-2)25(12-17(18)11-23(22)26)32-33-21-5-3-4-19(14-21)27(28)29;1-4-6(5-2)7-3;1-2/h3-7,10,12-14,23H,8-9,11,15H2,1-2H3;4-5H,1H2,2-3H3;1-2H3/b;6-5+;. The van der Waals surface area contributed by atoms with Gasteiger partial charge < -0.3 is 18.4 Å². The van der Waals surface area contributed by atoms with Crippen LogP contribution in [0.2, 0.25) is 0 Å². The fraction of sp³-hybridized carbons (Fsp3) is 0.333. The lowest BCUT2D eigenvalue weighted by molar-refractivity contribution is -0.385. The van der Waals surface area contributed by atoms with Gasteiger partial charge in [0.25, 0.3) is 5.69 Å². The Kier molecular flexibility index (Phi) is 12.3. The van der Waals surface area contributed by atoms with Crippen molar-refractivity contribution in [2.75, 3.05) is 27.9 Å². The van der Waals surface area contributed by atoms with E-state index >= 15 is 0 Å². The van der Waals surface area contributed by atoms with Crippen LogP contribution in [0.4, 0.5) is 5.69 Å². The summed E-state index contributed by atoms with van der Waals surface area (Å²) >= 11 is 1.09. The third-order valence-electron chi connectivity index (χ3n) is 7.07. The third-order valence-corrected chi connectivity index (χ3v) is 7.78. The number of ether oxygens (including phenoxy) is 3. The Hall–Kier alpha value is -3.95. The fourth-order valence-corrected chi connectivity index (χ4v) is 5.61. The van der Waals surface area contributed by atoms with Gasteiger partial charge in [0.05, 0.1) is 43.2 Å². The molecule has 1 unspecified atom stereocenters. The van der Waals surface area contributed by atoms with Gasteiger partial charge in [0.1, 0.15) is 11.5 Å². The average molecular weight is 593 g/mol. The normalized spacial score (nSPS) is 15.2. The van der Waals surface area contributed by atoms with Crippen molar-refractivity contribution in [3.8, 4) is 17.2 Å². The molecule has 224 valence electrons. The first-order valence-electron chi connectivity index (χ1n) is 13.9. The second kappa shape index (κ2) is 15.9. The van der Waals surface area contributed by atoms with Crippen molar-refractivity contribution >= 4 is 17.7 Å². The molecule has 0 bridgehead atoms. The summed E-state index contributed by atoms with van der Waals surface area (Å²) < 4.78 is 21.8. The summed E-state index contributed by atoms with van der Waals surface area (Å²) in [7, 11) is 4.95. The molecule has 2 aliphatic rings. The minimum Gasteiger partial charge on any atom is -0.497 e. The predicted octanol–water partition coefficient (Wildman–Crippen LogP) is 8.10. The van der Waals surface area contributed by atoms with Crippen molar-refractivity contribution in [2.45, 2.75) is 51.1 Å². The first-order valence-corrected chi connectivity index (χ1v) is 14.7. The van der Waals surface area contributed by atoms with Crippen LogP contribution in [0.25, 0.3) is 0 Å². The molecule has 0 saturated heterocycles. The van der Waals surface area contributed by atoms with Crippen molar-refractivity contribution < 1.29 is 23.3 Å². The van der Waals surface area contributed by atoms with Crippen LogP contribution in [-0.4, -0.2) is 37.7 Å². The highest BCUT2D eigenvalue weighted by Crippen LogP contribution is 2.43. The predicted molar refractivity (Wildman–Crippen MR) is 168 cm³/mol. The number of methoxy groups -OCH3 is 3. The third kappa shape index (κ3) is 7.86. The number of hydrogen-bond acceptors (Lipinski definition) is 8. The number of non-ortho nitro benzene ring substituents is 1. The van der Waals surface area contributed by atoms with Crippen molar-refractivity contribution in [1.82, 2.24) is 4.90 Å². The second-order valence-corrected chi connectivity index (χ2v) is 10.1. The molecule has 1 atom stereocenters. The van der Waals surface area contributed by atoms with E-state index in [1.165, 1.54) is 34.4 Å². The molecule has 0 N–H and O–H groups in total. The lowest BCUT2D eigenvalue weighted by Gasteiger charge is -2.41. The molecule has 0 spiro atoms. The van der Waals surface area contributed by atoms with E-state index in [1.807, 2.05) is 39.0 Å². The van der Waals surface area contributed by atoms with Crippen LogP contribution >= 0.6 is 12.0 Å². The Morgan fingerprint density at radius 1 is 1.02 bits per heavy atom. The number of nitro benzene ring substituents is 1. The van der Waals surface area contributed by atoms with E-state index in [2.05, 4.69) is 29.7 Å². The number of nitro groups is 1. The highest BCUT2D eigenvalue weighted by atomic mass is 32.2. The van der Waals surface area contributed by atoms with Gasteiger partial charge in [0.15, 0.2) is 11.5 Å². The molecule has 3 aromatic carbocycles. The molecule has 2 heterocycles. The van der Waals surface area contributed by atoms with Gasteiger partial charge in [-0.15, -0.1) is 0 Å². The highest BCUT2D eigenvalue weighted by molar-refractivity contribution is 7.95. The molecule has 0 radical (unpaired) electrons. The van der Waals surface area contributed by atoms with E-state index < -0.39 is 4.92 Å². The summed E-state index contributed by atoms with van der Waals surface area (Å²) in [5.41, 5.74) is 5.22. The van der Waals surface area contributed by atoms with Crippen molar-refractivity contribution in [2.24, 2.45) is 0 Å². The Morgan fingerprint density at radius 3 is 2.40 bits per heavy atom. The average Bonchev–Trinajstić information content (AvgIpc) is 3.04. The molecule has 0 amide bonds. The van der Waals surface area contributed by atoms with Crippen LogP contribution < -0.4 is 13.7 Å². The Bertz CT molecular complexity index is 1410. The molecule has 8 nitrogen and oxygen atoms in total. The first kappa shape index (κ1) is 32.6. The molecule has 0 saturated carbocycles. The Labute approximate surface area is 253 Å². The largest absolute Gasteiger partial charge is 0.497 e. The Balaban J connectivity index is 0.000000474. The van der Waals surface area contributed by atoms with Crippen LogP contribution in [0.15, 0.2) is 84.0 Å². The summed E-state index contributed by atoms with van der Waals surface area (Å²) in [5, 5.41) is 11.1. The molecule has 5 rings (SSSR count).